The molecule has 0 aliphatic carbocycles. The Hall–Kier alpha value is -2.67. The van der Waals surface area contributed by atoms with E-state index >= 15 is 0 Å². The predicted molar refractivity (Wildman–Crippen MR) is 97.5 cm³/mol. The second-order valence-corrected chi connectivity index (χ2v) is 6.37. The van der Waals surface area contributed by atoms with Gasteiger partial charge in [-0.1, -0.05) is 28.1 Å². The first kappa shape index (κ1) is 18.7. The van der Waals surface area contributed by atoms with Crippen molar-refractivity contribution in [3.63, 3.8) is 0 Å². The van der Waals surface area contributed by atoms with Gasteiger partial charge in [0.2, 0.25) is 5.91 Å². The molecule has 0 aliphatic heterocycles. The van der Waals surface area contributed by atoms with Gasteiger partial charge in [-0.05, 0) is 42.0 Å². The molecule has 25 heavy (non-hydrogen) atoms. The molecule has 6 nitrogen and oxygen atoms in total. The van der Waals surface area contributed by atoms with Crippen molar-refractivity contribution in [3.05, 3.63) is 64.1 Å². The van der Waals surface area contributed by atoms with E-state index in [1.165, 1.54) is 19.1 Å². The third kappa shape index (κ3) is 5.72. The fourth-order valence-electron chi connectivity index (χ4n) is 2.25. The summed E-state index contributed by atoms with van der Waals surface area (Å²) in [6.07, 6.45) is 0.171. The lowest BCUT2D eigenvalue weighted by atomic mass is 10.1. The second kappa shape index (κ2) is 8.43. The number of hydrogen-bond acceptors (Lipinski definition) is 3. The molecule has 0 saturated heterocycles. The maximum atomic E-state index is 12.3. The minimum atomic E-state index is -1.11. The van der Waals surface area contributed by atoms with Crippen molar-refractivity contribution >= 4 is 39.4 Å². The Morgan fingerprint density at radius 1 is 1.12 bits per heavy atom. The number of aliphatic carboxylic acids is 1. The highest BCUT2D eigenvalue weighted by Gasteiger charge is 2.21. The summed E-state index contributed by atoms with van der Waals surface area (Å²) >= 11 is 3.34. The van der Waals surface area contributed by atoms with Gasteiger partial charge in [0.15, 0.2) is 0 Å². The molecule has 2 aromatic rings. The number of carboxylic acid groups (broad SMARTS) is 1. The van der Waals surface area contributed by atoms with Gasteiger partial charge in [-0.15, -0.1) is 0 Å². The molecule has 2 rings (SSSR count). The Morgan fingerprint density at radius 2 is 1.80 bits per heavy atom. The van der Waals surface area contributed by atoms with Crippen molar-refractivity contribution in [3.8, 4) is 0 Å². The molecule has 0 spiro atoms. The molecule has 7 heteroatoms. The van der Waals surface area contributed by atoms with Crippen molar-refractivity contribution in [2.24, 2.45) is 0 Å². The van der Waals surface area contributed by atoms with Crippen LogP contribution < -0.4 is 10.6 Å². The zero-order valence-electron chi connectivity index (χ0n) is 13.5. The Balaban J connectivity index is 2.07. The Labute approximate surface area is 153 Å². The van der Waals surface area contributed by atoms with Gasteiger partial charge in [0, 0.05) is 29.1 Å². The van der Waals surface area contributed by atoms with Crippen LogP contribution in [0.15, 0.2) is 53.0 Å². The molecule has 0 unspecified atom stereocenters. The first-order valence-corrected chi connectivity index (χ1v) is 8.30. The van der Waals surface area contributed by atoms with Crippen molar-refractivity contribution in [2.45, 2.75) is 19.4 Å². The van der Waals surface area contributed by atoms with Crippen LogP contribution in [0.2, 0.25) is 0 Å². The molecule has 0 bridgehead atoms. The normalized spacial score (nSPS) is 11.4. The number of halogens is 1. The van der Waals surface area contributed by atoms with E-state index in [2.05, 4.69) is 26.6 Å². The van der Waals surface area contributed by atoms with E-state index in [9.17, 15) is 19.5 Å². The molecule has 130 valence electrons. The van der Waals surface area contributed by atoms with E-state index in [0.717, 1.165) is 10.0 Å². The Kier molecular flexibility index (Phi) is 6.30. The van der Waals surface area contributed by atoms with Crippen LogP contribution in [0.25, 0.3) is 0 Å². The molecule has 3 N–H and O–H groups in total. The van der Waals surface area contributed by atoms with E-state index in [1.807, 2.05) is 12.1 Å². The standard InChI is InChI=1S/C18H17BrN2O4/c1-11(22)20-15-7-5-13(6-8-15)17(23)21-16(18(24)25)10-12-3-2-4-14(19)9-12/h2-9,16H,10H2,1H3,(H,20,22)(H,21,23)(H,24,25)/t16-/m0/s1. The number of hydrogen-bond donors (Lipinski definition) is 3. The number of anilines is 1. The highest BCUT2D eigenvalue weighted by molar-refractivity contribution is 9.10. The van der Waals surface area contributed by atoms with Gasteiger partial charge in [-0.3, -0.25) is 9.59 Å². The number of carbonyl (C=O) groups excluding carboxylic acids is 2. The van der Waals surface area contributed by atoms with Crippen LogP contribution in [-0.4, -0.2) is 28.9 Å². The molecule has 0 saturated carbocycles. The smallest absolute Gasteiger partial charge is 0.326 e. The average Bonchev–Trinajstić information content (AvgIpc) is 2.54. The predicted octanol–water partition coefficient (Wildman–Crippen LogP) is 2.83. The third-order valence-corrected chi connectivity index (χ3v) is 3.89. The van der Waals surface area contributed by atoms with Gasteiger partial charge < -0.3 is 15.7 Å². The van der Waals surface area contributed by atoms with E-state index < -0.39 is 17.9 Å². The summed E-state index contributed by atoms with van der Waals surface area (Å²) in [6.45, 7) is 1.39. The molecule has 2 aromatic carbocycles. The molecule has 0 heterocycles. The SMILES string of the molecule is CC(=O)Nc1ccc(C(=O)N[C@@H](Cc2cccc(Br)c2)C(=O)O)cc1. The second-order valence-electron chi connectivity index (χ2n) is 5.46. The van der Waals surface area contributed by atoms with Crippen LogP contribution >= 0.6 is 15.9 Å². The number of carboxylic acids is 1. The molecule has 0 radical (unpaired) electrons. The topological polar surface area (TPSA) is 95.5 Å². The van der Waals surface area contributed by atoms with Crippen molar-refractivity contribution in [1.29, 1.82) is 0 Å². The summed E-state index contributed by atoms with van der Waals surface area (Å²) in [6, 6.07) is 12.4. The monoisotopic (exact) mass is 404 g/mol. The van der Waals surface area contributed by atoms with Gasteiger partial charge in [0.25, 0.3) is 5.91 Å². The quantitative estimate of drug-likeness (QED) is 0.689. The van der Waals surface area contributed by atoms with Crippen molar-refractivity contribution < 1.29 is 19.5 Å². The molecular weight excluding hydrogens is 388 g/mol. The number of nitrogens with one attached hydrogen (secondary N) is 2. The van der Waals surface area contributed by atoms with Crippen molar-refractivity contribution in [2.75, 3.05) is 5.32 Å². The lowest BCUT2D eigenvalue weighted by Crippen LogP contribution is -2.42. The highest BCUT2D eigenvalue weighted by Crippen LogP contribution is 2.14. The van der Waals surface area contributed by atoms with Crippen LogP contribution in [0, 0.1) is 0 Å². The minimum absolute atomic E-state index is 0.171. The molecule has 1 atom stereocenters. The van der Waals surface area contributed by atoms with Gasteiger partial charge in [0.1, 0.15) is 6.04 Å². The van der Waals surface area contributed by atoms with Crippen LogP contribution in [0.1, 0.15) is 22.8 Å². The van der Waals surface area contributed by atoms with Gasteiger partial charge >= 0.3 is 5.97 Å². The van der Waals surface area contributed by atoms with Crippen LogP contribution in [-0.2, 0) is 16.0 Å². The maximum absolute atomic E-state index is 12.3. The van der Waals surface area contributed by atoms with Crippen LogP contribution in [0.4, 0.5) is 5.69 Å². The Bertz CT molecular complexity index is 790. The average molecular weight is 405 g/mol. The van der Waals surface area contributed by atoms with E-state index in [1.54, 1.807) is 24.3 Å². The molecule has 0 aromatic heterocycles. The van der Waals surface area contributed by atoms with Crippen LogP contribution in [0.5, 0.6) is 0 Å². The number of carbonyl (C=O) groups is 3. The minimum Gasteiger partial charge on any atom is -0.480 e. The lowest BCUT2D eigenvalue weighted by Gasteiger charge is -2.15. The molecular formula is C18H17BrN2O4. The van der Waals surface area contributed by atoms with E-state index in [-0.39, 0.29) is 12.3 Å². The first-order chi connectivity index (χ1) is 11.8. The van der Waals surface area contributed by atoms with Gasteiger partial charge in [0.05, 0.1) is 0 Å². The fraction of sp³-hybridized carbons (Fsp3) is 0.167. The first-order valence-electron chi connectivity index (χ1n) is 7.51. The third-order valence-electron chi connectivity index (χ3n) is 3.40. The maximum Gasteiger partial charge on any atom is 0.326 e. The van der Waals surface area contributed by atoms with Gasteiger partial charge in [-0.25, -0.2) is 4.79 Å². The van der Waals surface area contributed by atoms with Gasteiger partial charge in [-0.2, -0.15) is 0 Å². The Morgan fingerprint density at radius 3 is 2.36 bits per heavy atom. The summed E-state index contributed by atoms with van der Waals surface area (Å²) in [7, 11) is 0. The van der Waals surface area contributed by atoms with Crippen molar-refractivity contribution in [1.82, 2.24) is 5.32 Å². The fourth-order valence-corrected chi connectivity index (χ4v) is 2.70. The zero-order valence-corrected chi connectivity index (χ0v) is 15.0. The van der Waals surface area contributed by atoms with E-state index in [4.69, 9.17) is 0 Å². The zero-order chi connectivity index (χ0) is 18.4. The summed E-state index contributed by atoms with van der Waals surface area (Å²) in [5, 5.41) is 14.5. The summed E-state index contributed by atoms with van der Waals surface area (Å²) in [5.41, 5.74) is 1.67. The number of benzene rings is 2. The summed E-state index contributed by atoms with van der Waals surface area (Å²) in [4.78, 5) is 34.7. The molecule has 0 fully saturated rings. The summed E-state index contributed by atoms with van der Waals surface area (Å²) < 4.78 is 0.842. The number of rotatable bonds is 6. The molecule has 2 amide bonds. The largest absolute Gasteiger partial charge is 0.480 e. The highest BCUT2D eigenvalue weighted by atomic mass is 79.9. The molecule has 0 aliphatic rings. The van der Waals surface area contributed by atoms with E-state index in [0.29, 0.717) is 11.3 Å². The van der Waals surface area contributed by atoms with Crippen LogP contribution in [0.3, 0.4) is 0 Å². The summed E-state index contributed by atoms with van der Waals surface area (Å²) in [5.74, 6) is -1.81. The number of amides is 2. The lowest BCUT2D eigenvalue weighted by molar-refractivity contribution is -0.139.